The molecule has 1 aliphatic rings. The van der Waals surface area contributed by atoms with Crippen molar-refractivity contribution in [1.29, 1.82) is 0 Å². The Morgan fingerprint density at radius 2 is 2.00 bits per heavy atom. The van der Waals surface area contributed by atoms with E-state index in [0.29, 0.717) is 12.5 Å². The number of hydrogen-bond acceptors (Lipinski definition) is 2. The molecule has 1 heterocycles. The van der Waals surface area contributed by atoms with E-state index in [2.05, 4.69) is 18.7 Å². The fourth-order valence-electron chi connectivity index (χ4n) is 2.93. The Bertz CT molecular complexity index is 392. The molecule has 0 amide bonds. The van der Waals surface area contributed by atoms with E-state index in [0.717, 1.165) is 24.6 Å². The van der Waals surface area contributed by atoms with Crippen LogP contribution in [-0.4, -0.2) is 29.1 Å². The van der Waals surface area contributed by atoms with Crippen molar-refractivity contribution < 1.29 is 9.50 Å². The van der Waals surface area contributed by atoms with Gasteiger partial charge in [0.1, 0.15) is 5.82 Å². The lowest BCUT2D eigenvalue weighted by Crippen LogP contribution is -2.41. The maximum Gasteiger partial charge on any atom is 0.123 e. The van der Waals surface area contributed by atoms with Crippen LogP contribution in [0.5, 0.6) is 0 Å². The summed E-state index contributed by atoms with van der Waals surface area (Å²) in [6.07, 6.45) is 2.71. The molecule has 0 aliphatic carbocycles. The van der Waals surface area contributed by atoms with Crippen molar-refractivity contribution >= 4 is 0 Å². The van der Waals surface area contributed by atoms with Crippen molar-refractivity contribution in [1.82, 2.24) is 4.90 Å². The summed E-state index contributed by atoms with van der Waals surface area (Å²) < 4.78 is 12.8. The van der Waals surface area contributed by atoms with E-state index >= 15 is 0 Å². The second-order valence-corrected chi connectivity index (χ2v) is 5.87. The molecule has 1 aliphatic heterocycles. The summed E-state index contributed by atoms with van der Waals surface area (Å²) in [6, 6.07) is 6.75. The van der Waals surface area contributed by atoms with Crippen LogP contribution in [0.15, 0.2) is 24.3 Å². The fourth-order valence-corrected chi connectivity index (χ4v) is 2.93. The Morgan fingerprint density at radius 1 is 1.32 bits per heavy atom. The number of benzene rings is 1. The number of aliphatic hydroxyl groups excluding tert-OH is 1. The Balaban J connectivity index is 1.83. The van der Waals surface area contributed by atoms with E-state index in [1.54, 1.807) is 12.1 Å². The van der Waals surface area contributed by atoms with Crippen molar-refractivity contribution in [2.24, 2.45) is 5.92 Å². The van der Waals surface area contributed by atoms with E-state index in [4.69, 9.17) is 0 Å². The highest BCUT2D eigenvalue weighted by atomic mass is 19.1. The van der Waals surface area contributed by atoms with Crippen molar-refractivity contribution in [2.75, 3.05) is 13.1 Å². The first kappa shape index (κ1) is 14.5. The predicted molar refractivity (Wildman–Crippen MR) is 75.4 cm³/mol. The smallest absolute Gasteiger partial charge is 0.123 e. The second-order valence-electron chi connectivity index (χ2n) is 5.87. The molecular weight excluding hydrogens is 241 g/mol. The zero-order valence-electron chi connectivity index (χ0n) is 11.8. The minimum Gasteiger partial charge on any atom is -0.388 e. The molecular formula is C16H24FNO. The molecule has 3 heteroatoms. The van der Waals surface area contributed by atoms with Gasteiger partial charge in [-0.3, -0.25) is 0 Å². The number of nitrogens with zero attached hydrogens (tertiary/aromatic N) is 1. The minimum atomic E-state index is -0.493. The first-order chi connectivity index (χ1) is 9.06. The fraction of sp³-hybridized carbons (Fsp3) is 0.625. The van der Waals surface area contributed by atoms with Gasteiger partial charge in [0.05, 0.1) is 6.10 Å². The van der Waals surface area contributed by atoms with Crippen molar-refractivity contribution in [3.05, 3.63) is 35.6 Å². The topological polar surface area (TPSA) is 23.5 Å². The summed E-state index contributed by atoms with van der Waals surface area (Å²) >= 11 is 0. The molecule has 1 aromatic rings. The summed E-state index contributed by atoms with van der Waals surface area (Å²) in [6.45, 7) is 6.60. The van der Waals surface area contributed by atoms with Gasteiger partial charge in [-0.15, -0.1) is 0 Å². The van der Waals surface area contributed by atoms with Crippen LogP contribution in [0, 0.1) is 11.7 Å². The Hall–Kier alpha value is -0.930. The lowest BCUT2D eigenvalue weighted by Gasteiger charge is -2.36. The van der Waals surface area contributed by atoms with Crippen LogP contribution in [-0.2, 0) is 0 Å². The zero-order valence-corrected chi connectivity index (χ0v) is 11.8. The Labute approximate surface area is 115 Å². The molecule has 2 rings (SSSR count). The number of piperidine rings is 1. The molecule has 3 atom stereocenters. The van der Waals surface area contributed by atoms with Gasteiger partial charge in [0.2, 0.25) is 0 Å². The quantitative estimate of drug-likeness (QED) is 0.902. The summed E-state index contributed by atoms with van der Waals surface area (Å²) in [7, 11) is 0. The zero-order chi connectivity index (χ0) is 13.8. The number of aliphatic hydroxyl groups is 1. The lowest BCUT2D eigenvalue weighted by molar-refractivity contribution is 0.0941. The van der Waals surface area contributed by atoms with Crippen LogP contribution < -0.4 is 0 Å². The van der Waals surface area contributed by atoms with Gasteiger partial charge >= 0.3 is 0 Å². The summed E-state index contributed by atoms with van der Waals surface area (Å²) in [5.74, 6) is 0.558. The van der Waals surface area contributed by atoms with Crippen LogP contribution >= 0.6 is 0 Å². The minimum absolute atomic E-state index is 0.255. The van der Waals surface area contributed by atoms with E-state index in [1.165, 1.54) is 25.0 Å². The van der Waals surface area contributed by atoms with Crippen molar-refractivity contribution in [3.63, 3.8) is 0 Å². The molecule has 1 fully saturated rings. The maximum atomic E-state index is 12.8. The highest BCUT2D eigenvalue weighted by molar-refractivity contribution is 5.18. The first-order valence-corrected chi connectivity index (χ1v) is 7.24. The lowest BCUT2D eigenvalue weighted by atomic mass is 9.93. The van der Waals surface area contributed by atoms with Gasteiger partial charge < -0.3 is 10.0 Å². The third kappa shape index (κ3) is 4.02. The van der Waals surface area contributed by atoms with E-state index in [9.17, 15) is 9.50 Å². The molecule has 0 bridgehead atoms. The van der Waals surface area contributed by atoms with Gasteiger partial charge in [-0.1, -0.05) is 19.1 Å². The standard InChI is InChI=1S/C16H24FNO/c1-12-7-9-18(13(2)11-12)10-8-16(19)14-3-5-15(17)6-4-14/h3-6,12-13,16,19H,7-11H2,1-2H3. The molecule has 1 aromatic carbocycles. The van der Waals surface area contributed by atoms with E-state index < -0.39 is 6.10 Å². The van der Waals surface area contributed by atoms with E-state index in [1.807, 2.05) is 0 Å². The van der Waals surface area contributed by atoms with Gasteiger partial charge in [-0.2, -0.15) is 0 Å². The van der Waals surface area contributed by atoms with Gasteiger partial charge in [-0.05, 0) is 56.3 Å². The van der Waals surface area contributed by atoms with Crippen molar-refractivity contribution in [2.45, 2.75) is 45.3 Å². The third-order valence-corrected chi connectivity index (χ3v) is 4.22. The Kier molecular flexibility index (Phi) is 4.94. The van der Waals surface area contributed by atoms with Crippen LogP contribution in [0.25, 0.3) is 0 Å². The number of hydrogen-bond donors (Lipinski definition) is 1. The van der Waals surface area contributed by atoms with E-state index in [-0.39, 0.29) is 5.82 Å². The summed E-state index contributed by atoms with van der Waals surface area (Å²) in [5, 5.41) is 10.1. The summed E-state index contributed by atoms with van der Waals surface area (Å²) in [5.41, 5.74) is 0.805. The molecule has 1 saturated heterocycles. The van der Waals surface area contributed by atoms with Gasteiger partial charge in [-0.25, -0.2) is 4.39 Å². The monoisotopic (exact) mass is 265 g/mol. The molecule has 106 valence electrons. The third-order valence-electron chi connectivity index (χ3n) is 4.22. The van der Waals surface area contributed by atoms with Gasteiger partial charge in [0.15, 0.2) is 0 Å². The van der Waals surface area contributed by atoms with Crippen molar-refractivity contribution in [3.8, 4) is 0 Å². The molecule has 0 radical (unpaired) electrons. The molecule has 19 heavy (non-hydrogen) atoms. The molecule has 3 unspecified atom stereocenters. The van der Waals surface area contributed by atoms with Crippen LogP contribution in [0.3, 0.4) is 0 Å². The van der Waals surface area contributed by atoms with Gasteiger partial charge in [0, 0.05) is 12.6 Å². The van der Waals surface area contributed by atoms with Crippen LogP contribution in [0.4, 0.5) is 4.39 Å². The average Bonchev–Trinajstić information content (AvgIpc) is 2.38. The molecule has 1 N–H and O–H groups in total. The number of rotatable bonds is 4. The number of halogens is 1. The highest BCUT2D eigenvalue weighted by Gasteiger charge is 2.23. The molecule has 0 saturated carbocycles. The summed E-state index contributed by atoms with van der Waals surface area (Å²) in [4.78, 5) is 2.45. The maximum absolute atomic E-state index is 12.8. The molecule has 2 nitrogen and oxygen atoms in total. The first-order valence-electron chi connectivity index (χ1n) is 7.24. The number of likely N-dealkylation sites (tertiary alicyclic amines) is 1. The normalized spacial score (nSPS) is 26.3. The molecule has 0 aromatic heterocycles. The largest absolute Gasteiger partial charge is 0.388 e. The highest BCUT2D eigenvalue weighted by Crippen LogP contribution is 2.24. The average molecular weight is 265 g/mol. The van der Waals surface area contributed by atoms with Crippen LogP contribution in [0.2, 0.25) is 0 Å². The SMILES string of the molecule is CC1CCN(CCC(O)c2ccc(F)cc2)C(C)C1. The molecule has 0 spiro atoms. The predicted octanol–water partition coefficient (Wildman–Crippen LogP) is 3.37. The van der Waals surface area contributed by atoms with Gasteiger partial charge in [0.25, 0.3) is 0 Å². The van der Waals surface area contributed by atoms with Crippen LogP contribution in [0.1, 0.15) is 44.8 Å². The Morgan fingerprint density at radius 3 is 2.63 bits per heavy atom. The second kappa shape index (κ2) is 6.49.